The Hall–Kier alpha value is -2.68. The lowest BCUT2D eigenvalue weighted by atomic mass is 9.94. The molecule has 0 amide bonds. The van der Waals surface area contributed by atoms with Gasteiger partial charge in [-0.15, -0.1) is 0 Å². The van der Waals surface area contributed by atoms with Crippen LogP contribution in [0.3, 0.4) is 0 Å². The van der Waals surface area contributed by atoms with Crippen molar-refractivity contribution in [3.8, 4) is 11.3 Å². The summed E-state index contributed by atoms with van der Waals surface area (Å²) in [5.74, 6) is -0.734. The third-order valence-electron chi connectivity index (χ3n) is 4.10. The Bertz CT molecular complexity index is 1050. The lowest BCUT2D eigenvalue weighted by Gasteiger charge is -2.09. The van der Waals surface area contributed by atoms with E-state index in [0.29, 0.717) is 5.71 Å². The number of fused-ring (bicyclic) bond motifs is 3. The van der Waals surface area contributed by atoms with Crippen LogP contribution in [-0.4, -0.2) is 9.97 Å². The largest absolute Gasteiger partial charge is 0.437 e. The summed E-state index contributed by atoms with van der Waals surface area (Å²) in [5, 5.41) is 1.91. The molecule has 0 aliphatic heterocycles. The standard InChI is InChI=1S/C20H18N2O/c1-12(2)14-9-10-15(17-6-4-5-11-21-17)19-18(14)16-8-7-13(3)22-20(16)23-19/h4-12H,1-3H3/i12D. The number of nitrogens with zero attached hydrogens (tertiary/aromatic N) is 2. The topological polar surface area (TPSA) is 38.9 Å². The second kappa shape index (κ2) is 5.20. The number of aromatic nitrogens is 2. The molecule has 0 atom stereocenters. The molecule has 0 spiro atoms. The van der Waals surface area contributed by atoms with Crippen molar-refractivity contribution in [3.63, 3.8) is 0 Å². The van der Waals surface area contributed by atoms with Gasteiger partial charge >= 0.3 is 0 Å². The highest BCUT2D eigenvalue weighted by molar-refractivity contribution is 6.10. The van der Waals surface area contributed by atoms with Crippen molar-refractivity contribution in [1.82, 2.24) is 9.97 Å². The third-order valence-corrected chi connectivity index (χ3v) is 4.10. The zero-order chi connectivity index (χ0) is 16.9. The number of rotatable bonds is 2. The van der Waals surface area contributed by atoms with E-state index in [0.717, 1.165) is 38.9 Å². The Morgan fingerprint density at radius 3 is 2.70 bits per heavy atom. The van der Waals surface area contributed by atoms with Crippen molar-refractivity contribution < 1.29 is 5.79 Å². The first-order valence-corrected chi connectivity index (χ1v) is 7.70. The second-order valence-electron chi connectivity index (χ2n) is 5.99. The van der Waals surface area contributed by atoms with Crippen LogP contribution in [0.5, 0.6) is 0 Å². The fourth-order valence-electron chi connectivity index (χ4n) is 2.99. The van der Waals surface area contributed by atoms with Gasteiger partial charge in [-0.1, -0.05) is 26.0 Å². The summed E-state index contributed by atoms with van der Waals surface area (Å²) < 4.78 is 14.6. The van der Waals surface area contributed by atoms with Gasteiger partial charge in [-0.05, 0) is 48.7 Å². The van der Waals surface area contributed by atoms with Gasteiger partial charge in [0.1, 0.15) is 5.58 Å². The van der Waals surface area contributed by atoms with E-state index < -0.39 is 5.89 Å². The Kier molecular flexibility index (Phi) is 2.90. The maximum absolute atomic E-state index is 8.51. The Morgan fingerprint density at radius 1 is 1.09 bits per heavy atom. The van der Waals surface area contributed by atoms with Crippen LogP contribution in [0.4, 0.5) is 0 Å². The quantitative estimate of drug-likeness (QED) is 0.492. The van der Waals surface area contributed by atoms with Gasteiger partial charge in [-0.3, -0.25) is 4.98 Å². The van der Waals surface area contributed by atoms with Crippen LogP contribution in [0, 0.1) is 6.92 Å². The second-order valence-corrected chi connectivity index (χ2v) is 5.99. The third kappa shape index (κ3) is 2.20. The maximum atomic E-state index is 8.51. The smallest absolute Gasteiger partial charge is 0.227 e. The van der Waals surface area contributed by atoms with Gasteiger partial charge in [0.25, 0.3) is 0 Å². The van der Waals surface area contributed by atoms with Crippen LogP contribution in [0.15, 0.2) is 53.1 Å². The summed E-state index contributed by atoms with van der Waals surface area (Å²) in [4.78, 5) is 8.97. The van der Waals surface area contributed by atoms with Gasteiger partial charge in [0.2, 0.25) is 5.71 Å². The highest BCUT2D eigenvalue weighted by Gasteiger charge is 2.18. The molecule has 0 saturated heterocycles. The molecule has 0 radical (unpaired) electrons. The Labute approximate surface area is 136 Å². The number of hydrogen-bond acceptors (Lipinski definition) is 3. The Balaban J connectivity index is 2.16. The number of aryl methyl sites for hydroxylation is 1. The molecule has 0 N–H and O–H groups in total. The fraction of sp³-hybridized carbons (Fsp3) is 0.200. The van der Waals surface area contributed by atoms with Gasteiger partial charge in [0.05, 0.1) is 5.69 Å². The van der Waals surface area contributed by atoms with E-state index in [4.69, 9.17) is 5.79 Å². The minimum atomic E-state index is -0.734. The lowest BCUT2D eigenvalue weighted by Crippen LogP contribution is -1.91. The molecule has 0 bridgehead atoms. The van der Waals surface area contributed by atoms with Crippen LogP contribution in [0.25, 0.3) is 33.3 Å². The van der Waals surface area contributed by atoms with Gasteiger partial charge < -0.3 is 4.42 Å². The molecule has 23 heavy (non-hydrogen) atoms. The molecule has 0 fully saturated rings. The molecular formula is C20H18N2O. The maximum Gasteiger partial charge on any atom is 0.227 e. The first-order chi connectivity index (χ1) is 11.4. The lowest BCUT2D eigenvalue weighted by molar-refractivity contribution is 0.653. The fourth-order valence-corrected chi connectivity index (χ4v) is 2.99. The van der Waals surface area contributed by atoms with Crippen molar-refractivity contribution in [2.24, 2.45) is 0 Å². The van der Waals surface area contributed by atoms with Crippen LogP contribution >= 0.6 is 0 Å². The van der Waals surface area contributed by atoms with Crippen molar-refractivity contribution in [3.05, 3.63) is 59.9 Å². The minimum Gasteiger partial charge on any atom is -0.437 e. The van der Waals surface area contributed by atoms with E-state index in [1.54, 1.807) is 6.20 Å². The van der Waals surface area contributed by atoms with E-state index in [-0.39, 0.29) is 0 Å². The number of hydrogen-bond donors (Lipinski definition) is 0. The number of benzene rings is 1. The monoisotopic (exact) mass is 303 g/mol. The summed E-state index contributed by atoms with van der Waals surface area (Å²) >= 11 is 0. The molecule has 1 aromatic carbocycles. The zero-order valence-electron chi connectivity index (χ0n) is 14.4. The number of pyridine rings is 2. The van der Waals surface area contributed by atoms with Crippen LogP contribution < -0.4 is 0 Å². The molecule has 3 heterocycles. The summed E-state index contributed by atoms with van der Waals surface area (Å²) in [6.45, 7) is 5.73. The molecule has 114 valence electrons. The first kappa shape index (κ1) is 12.8. The minimum absolute atomic E-state index is 0.610. The van der Waals surface area contributed by atoms with Gasteiger partial charge in [0, 0.05) is 29.6 Å². The summed E-state index contributed by atoms with van der Waals surface area (Å²) in [7, 11) is 0. The highest BCUT2D eigenvalue weighted by Crippen LogP contribution is 2.39. The van der Waals surface area contributed by atoms with E-state index in [9.17, 15) is 0 Å². The molecular weight excluding hydrogens is 284 g/mol. The molecule has 0 aliphatic carbocycles. The summed E-state index contributed by atoms with van der Waals surface area (Å²) in [6, 6.07) is 13.8. The predicted octanol–water partition coefficient (Wildman–Crippen LogP) is 5.47. The summed E-state index contributed by atoms with van der Waals surface area (Å²) in [5.41, 5.74) is 4.98. The van der Waals surface area contributed by atoms with Crippen LogP contribution in [0.2, 0.25) is 0 Å². The van der Waals surface area contributed by atoms with Gasteiger partial charge in [-0.25, -0.2) is 4.98 Å². The van der Waals surface area contributed by atoms with E-state index in [1.807, 2.05) is 63.2 Å². The predicted molar refractivity (Wildman–Crippen MR) is 93.6 cm³/mol. The van der Waals surface area contributed by atoms with Gasteiger partial charge in [-0.2, -0.15) is 0 Å². The molecule has 0 saturated carbocycles. The normalized spacial score (nSPS) is 12.7. The summed E-state index contributed by atoms with van der Waals surface area (Å²) in [6.07, 6.45) is 1.77. The highest BCUT2D eigenvalue weighted by atomic mass is 16.3. The molecule has 0 aliphatic rings. The van der Waals surface area contributed by atoms with Crippen molar-refractivity contribution >= 4 is 22.1 Å². The van der Waals surface area contributed by atoms with E-state index in [2.05, 4.69) is 9.97 Å². The molecule has 4 aromatic rings. The van der Waals surface area contributed by atoms with E-state index >= 15 is 0 Å². The molecule has 3 aromatic heterocycles. The van der Waals surface area contributed by atoms with Crippen molar-refractivity contribution in [2.75, 3.05) is 0 Å². The van der Waals surface area contributed by atoms with Crippen molar-refractivity contribution in [2.45, 2.75) is 26.7 Å². The molecule has 0 unspecified atom stereocenters. The number of furan rings is 1. The SMILES string of the molecule is [2H]C(C)(C)c1ccc(-c2ccccn2)c2oc3nc(C)ccc3c12. The van der Waals surface area contributed by atoms with Crippen LogP contribution in [0.1, 0.15) is 32.4 Å². The first-order valence-electron chi connectivity index (χ1n) is 8.20. The average molecular weight is 303 g/mol. The average Bonchev–Trinajstić information content (AvgIpc) is 2.92. The molecule has 4 rings (SSSR count). The van der Waals surface area contributed by atoms with E-state index in [1.165, 1.54) is 0 Å². The van der Waals surface area contributed by atoms with Crippen molar-refractivity contribution in [1.29, 1.82) is 0 Å². The molecule has 3 heteroatoms. The zero-order valence-corrected chi connectivity index (χ0v) is 13.4. The Morgan fingerprint density at radius 2 is 1.96 bits per heavy atom. The van der Waals surface area contributed by atoms with Crippen LogP contribution in [-0.2, 0) is 0 Å². The molecule has 3 nitrogen and oxygen atoms in total. The van der Waals surface area contributed by atoms with Gasteiger partial charge in [0.15, 0.2) is 0 Å².